The largest absolute Gasteiger partial charge is 0.395 e. The molecule has 0 aliphatic carbocycles. The first kappa shape index (κ1) is 16.1. The molecule has 0 saturated heterocycles. The highest BCUT2D eigenvalue weighted by molar-refractivity contribution is 9.10. The van der Waals surface area contributed by atoms with Gasteiger partial charge in [-0.15, -0.1) is 0 Å². The van der Waals surface area contributed by atoms with E-state index in [2.05, 4.69) is 21.2 Å². The minimum absolute atomic E-state index is 0.0299. The molecule has 1 aromatic carbocycles. The average molecular weight is 331 g/mol. The van der Waals surface area contributed by atoms with Crippen LogP contribution in [0.25, 0.3) is 0 Å². The van der Waals surface area contributed by atoms with Crippen LogP contribution in [0.4, 0.5) is 5.69 Å². The van der Waals surface area contributed by atoms with Gasteiger partial charge in [0, 0.05) is 18.7 Å². The zero-order valence-electron chi connectivity index (χ0n) is 11.3. The van der Waals surface area contributed by atoms with E-state index in [1.807, 2.05) is 26.8 Å². The van der Waals surface area contributed by atoms with Gasteiger partial charge < -0.3 is 10.4 Å². The predicted octanol–water partition coefficient (Wildman–Crippen LogP) is 2.85. The Bertz CT molecular complexity index is 458. The van der Waals surface area contributed by atoms with Gasteiger partial charge in [0.15, 0.2) is 0 Å². The van der Waals surface area contributed by atoms with E-state index < -0.39 is 4.92 Å². The Labute approximate surface area is 121 Å². The maximum absolute atomic E-state index is 10.8. The van der Waals surface area contributed by atoms with Crippen molar-refractivity contribution in [3.8, 4) is 0 Å². The number of hydrogen-bond donors (Lipinski definition) is 2. The SMILES string of the molecule is CC(C)(C)C(CO)NCc1ccc(Br)c([N+](=O)[O-])c1. The monoisotopic (exact) mass is 330 g/mol. The second-order valence-corrected chi connectivity index (χ2v) is 6.38. The van der Waals surface area contributed by atoms with Crippen molar-refractivity contribution in [2.45, 2.75) is 33.4 Å². The molecular formula is C13H19BrN2O3. The highest BCUT2D eigenvalue weighted by Crippen LogP contribution is 2.26. The van der Waals surface area contributed by atoms with Crippen LogP contribution in [0.1, 0.15) is 26.3 Å². The fraction of sp³-hybridized carbons (Fsp3) is 0.538. The molecule has 0 heterocycles. The molecule has 0 radical (unpaired) electrons. The third-order valence-corrected chi connectivity index (χ3v) is 3.66. The van der Waals surface area contributed by atoms with Gasteiger partial charge in [-0.25, -0.2) is 0 Å². The van der Waals surface area contributed by atoms with Crippen LogP contribution >= 0.6 is 15.9 Å². The molecule has 1 atom stereocenters. The Hall–Kier alpha value is -0.980. The van der Waals surface area contributed by atoms with Gasteiger partial charge in [-0.3, -0.25) is 10.1 Å². The van der Waals surface area contributed by atoms with Gasteiger partial charge in [0.2, 0.25) is 0 Å². The summed E-state index contributed by atoms with van der Waals surface area (Å²) in [5.41, 5.74) is 0.795. The molecule has 0 bridgehead atoms. The number of aliphatic hydroxyl groups is 1. The molecule has 0 saturated carbocycles. The fourth-order valence-electron chi connectivity index (χ4n) is 1.69. The maximum Gasteiger partial charge on any atom is 0.283 e. The van der Waals surface area contributed by atoms with Gasteiger partial charge in [0.05, 0.1) is 16.0 Å². The normalized spacial score (nSPS) is 13.3. The number of nitrogens with zero attached hydrogens (tertiary/aromatic N) is 1. The van der Waals surface area contributed by atoms with Gasteiger partial charge in [0.1, 0.15) is 0 Å². The van der Waals surface area contributed by atoms with Crippen LogP contribution in [0, 0.1) is 15.5 Å². The first-order valence-corrected chi connectivity index (χ1v) is 6.82. The molecule has 2 N–H and O–H groups in total. The molecule has 0 aliphatic rings. The summed E-state index contributed by atoms with van der Waals surface area (Å²) in [6.07, 6.45) is 0. The second kappa shape index (κ2) is 6.45. The molecule has 106 valence electrons. The maximum atomic E-state index is 10.8. The predicted molar refractivity (Wildman–Crippen MR) is 78.0 cm³/mol. The van der Waals surface area contributed by atoms with Crippen molar-refractivity contribution in [3.63, 3.8) is 0 Å². The lowest BCUT2D eigenvalue weighted by Gasteiger charge is -2.30. The van der Waals surface area contributed by atoms with E-state index in [4.69, 9.17) is 0 Å². The minimum Gasteiger partial charge on any atom is -0.395 e. The van der Waals surface area contributed by atoms with E-state index >= 15 is 0 Å². The van der Waals surface area contributed by atoms with Crippen LogP contribution in [0.3, 0.4) is 0 Å². The van der Waals surface area contributed by atoms with Crippen LogP contribution < -0.4 is 5.32 Å². The van der Waals surface area contributed by atoms with E-state index in [-0.39, 0.29) is 23.8 Å². The molecular weight excluding hydrogens is 312 g/mol. The Kier molecular flexibility index (Phi) is 5.46. The van der Waals surface area contributed by atoms with Crippen LogP contribution in [0.15, 0.2) is 22.7 Å². The molecule has 0 aliphatic heterocycles. The summed E-state index contributed by atoms with van der Waals surface area (Å²) in [5, 5.41) is 23.4. The molecule has 1 unspecified atom stereocenters. The van der Waals surface area contributed by atoms with Crippen molar-refractivity contribution in [2.24, 2.45) is 5.41 Å². The van der Waals surface area contributed by atoms with Crippen LogP contribution in [-0.2, 0) is 6.54 Å². The average Bonchev–Trinajstić information content (AvgIpc) is 2.29. The summed E-state index contributed by atoms with van der Waals surface area (Å²) in [5.74, 6) is 0. The van der Waals surface area contributed by atoms with Crippen LogP contribution in [0.5, 0.6) is 0 Å². The minimum atomic E-state index is -0.416. The Morgan fingerprint density at radius 1 is 1.47 bits per heavy atom. The third kappa shape index (κ3) is 4.56. The molecule has 0 spiro atoms. The van der Waals surface area contributed by atoms with E-state index in [1.54, 1.807) is 6.07 Å². The van der Waals surface area contributed by atoms with Gasteiger partial charge in [-0.1, -0.05) is 26.8 Å². The topological polar surface area (TPSA) is 75.4 Å². The van der Waals surface area contributed by atoms with Crippen molar-refractivity contribution in [2.75, 3.05) is 6.61 Å². The van der Waals surface area contributed by atoms with Crippen molar-refractivity contribution in [1.29, 1.82) is 0 Å². The zero-order valence-corrected chi connectivity index (χ0v) is 12.9. The smallest absolute Gasteiger partial charge is 0.283 e. The Morgan fingerprint density at radius 3 is 2.58 bits per heavy atom. The summed E-state index contributed by atoms with van der Waals surface area (Å²) in [4.78, 5) is 10.4. The molecule has 1 rings (SSSR count). The molecule has 0 aromatic heterocycles. The number of halogens is 1. The first-order valence-electron chi connectivity index (χ1n) is 6.02. The Morgan fingerprint density at radius 2 is 2.11 bits per heavy atom. The van der Waals surface area contributed by atoms with Crippen molar-refractivity contribution < 1.29 is 10.0 Å². The van der Waals surface area contributed by atoms with E-state index in [9.17, 15) is 15.2 Å². The molecule has 19 heavy (non-hydrogen) atoms. The van der Waals surface area contributed by atoms with E-state index in [1.165, 1.54) is 6.07 Å². The lowest BCUT2D eigenvalue weighted by atomic mass is 9.87. The lowest BCUT2D eigenvalue weighted by Crippen LogP contribution is -2.42. The van der Waals surface area contributed by atoms with Gasteiger partial charge in [0.25, 0.3) is 5.69 Å². The summed E-state index contributed by atoms with van der Waals surface area (Å²) in [6, 6.07) is 4.96. The Balaban J connectivity index is 2.78. The van der Waals surface area contributed by atoms with Gasteiger partial charge >= 0.3 is 0 Å². The lowest BCUT2D eigenvalue weighted by molar-refractivity contribution is -0.385. The summed E-state index contributed by atoms with van der Waals surface area (Å²) in [6.45, 7) is 6.61. The molecule has 5 nitrogen and oxygen atoms in total. The standard InChI is InChI=1S/C13H19BrN2O3/c1-13(2,3)12(8-17)15-7-9-4-5-10(14)11(6-9)16(18)19/h4-6,12,15,17H,7-8H2,1-3H3. The zero-order chi connectivity index (χ0) is 14.6. The van der Waals surface area contributed by atoms with E-state index in [0.29, 0.717) is 11.0 Å². The number of rotatable bonds is 5. The quantitative estimate of drug-likeness (QED) is 0.643. The fourth-order valence-corrected chi connectivity index (χ4v) is 2.09. The third-order valence-electron chi connectivity index (χ3n) is 2.99. The number of benzene rings is 1. The number of aliphatic hydroxyl groups excluding tert-OH is 1. The number of nitro benzene ring substituents is 1. The summed E-state index contributed by atoms with van der Waals surface area (Å²) in [7, 11) is 0. The molecule has 1 aromatic rings. The highest BCUT2D eigenvalue weighted by atomic mass is 79.9. The van der Waals surface area contributed by atoms with Crippen LogP contribution in [0.2, 0.25) is 0 Å². The summed E-state index contributed by atoms with van der Waals surface area (Å²) < 4.78 is 0.468. The second-order valence-electron chi connectivity index (χ2n) is 5.52. The summed E-state index contributed by atoms with van der Waals surface area (Å²) >= 11 is 3.15. The van der Waals surface area contributed by atoms with E-state index in [0.717, 1.165) is 5.56 Å². The van der Waals surface area contributed by atoms with Gasteiger partial charge in [-0.05, 0) is 33.0 Å². The van der Waals surface area contributed by atoms with Crippen LogP contribution in [-0.4, -0.2) is 22.7 Å². The first-order chi connectivity index (χ1) is 8.75. The highest BCUT2D eigenvalue weighted by Gasteiger charge is 2.23. The van der Waals surface area contributed by atoms with Gasteiger partial charge in [-0.2, -0.15) is 0 Å². The van der Waals surface area contributed by atoms with Crippen molar-refractivity contribution >= 4 is 21.6 Å². The molecule has 6 heteroatoms. The number of hydrogen-bond acceptors (Lipinski definition) is 4. The number of nitrogens with one attached hydrogen (secondary N) is 1. The van der Waals surface area contributed by atoms with Crippen molar-refractivity contribution in [1.82, 2.24) is 5.32 Å². The number of nitro groups is 1. The molecule has 0 amide bonds. The van der Waals surface area contributed by atoms with Crippen molar-refractivity contribution in [3.05, 3.63) is 38.3 Å². The molecule has 0 fully saturated rings.